The van der Waals surface area contributed by atoms with Crippen LogP contribution in [0.3, 0.4) is 0 Å². The van der Waals surface area contributed by atoms with E-state index in [1.165, 1.54) is 11.1 Å². The van der Waals surface area contributed by atoms with Gasteiger partial charge in [0.2, 0.25) is 0 Å². The molecular formula is C29H43NO2. The number of carbonyl (C=O) groups excluding carboxylic acids is 1. The molecular weight excluding hydrogens is 394 g/mol. The molecule has 176 valence electrons. The molecule has 0 bridgehead atoms. The van der Waals surface area contributed by atoms with Gasteiger partial charge in [0.05, 0.1) is 12.7 Å². The number of rotatable bonds is 9. The average molecular weight is 438 g/mol. The molecule has 3 nitrogen and oxygen atoms in total. The number of Topliss-reactive ketones (excluding diaryl/α,β-unsaturated/α-hetero) is 1. The molecule has 0 N–H and O–H groups in total. The van der Waals surface area contributed by atoms with Gasteiger partial charge in [0.1, 0.15) is 0 Å². The van der Waals surface area contributed by atoms with E-state index >= 15 is 0 Å². The van der Waals surface area contributed by atoms with Gasteiger partial charge in [-0.1, -0.05) is 82.2 Å². The van der Waals surface area contributed by atoms with Crippen LogP contribution in [0.5, 0.6) is 0 Å². The van der Waals surface area contributed by atoms with Crippen molar-refractivity contribution in [2.45, 2.75) is 73.3 Å². The average Bonchev–Trinajstić information content (AvgIpc) is 2.80. The van der Waals surface area contributed by atoms with Gasteiger partial charge in [-0.3, -0.25) is 4.79 Å². The largest absolute Gasteiger partial charge is 0.377 e. The van der Waals surface area contributed by atoms with E-state index in [4.69, 9.17) is 4.74 Å². The SMILES string of the molecule is CC/C=C/C1C=CC=CC1C1=C(C)C(C)(C)C2=C(CC[C@H](OCCN(CC)CC)C2)C1=O. The molecule has 2 unspecified atom stereocenters. The molecule has 3 heteroatoms. The Bertz CT molecular complexity index is 835. The van der Waals surface area contributed by atoms with Crippen molar-refractivity contribution in [3.8, 4) is 0 Å². The van der Waals surface area contributed by atoms with Gasteiger partial charge in [0.15, 0.2) is 5.78 Å². The highest BCUT2D eigenvalue weighted by molar-refractivity contribution is 6.11. The fourth-order valence-electron chi connectivity index (χ4n) is 5.51. The van der Waals surface area contributed by atoms with Crippen molar-refractivity contribution in [1.29, 1.82) is 0 Å². The van der Waals surface area contributed by atoms with E-state index in [0.29, 0.717) is 5.78 Å². The molecule has 0 radical (unpaired) electrons. The normalized spacial score (nSPS) is 27.7. The van der Waals surface area contributed by atoms with Crippen molar-refractivity contribution in [2.75, 3.05) is 26.2 Å². The van der Waals surface area contributed by atoms with Crippen molar-refractivity contribution in [3.63, 3.8) is 0 Å². The minimum absolute atomic E-state index is 0.104. The molecule has 3 aliphatic rings. The Balaban J connectivity index is 1.80. The lowest BCUT2D eigenvalue weighted by atomic mass is 9.61. The van der Waals surface area contributed by atoms with Crippen LogP contribution < -0.4 is 0 Å². The van der Waals surface area contributed by atoms with Gasteiger partial charge in [-0.05, 0) is 45.7 Å². The molecule has 0 heterocycles. The predicted molar refractivity (Wildman–Crippen MR) is 135 cm³/mol. The van der Waals surface area contributed by atoms with E-state index in [0.717, 1.165) is 63.1 Å². The fraction of sp³-hybridized carbons (Fsp3) is 0.621. The molecule has 3 aliphatic carbocycles. The number of ether oxygens (including phenoxy) is 1. The lowest BCUT2D eigenvalue weighted by Crippen LogP contribution is -2.37. The van der Waals surface area contributed by atoms with E-state index in [1.54, 1.807) is 0 Å². The van der Waals surface area contributed by atoms with Gasteiger partial charge in [-0.25, -0.2) is 0 Å². The molecule has 0 spiro atoms. The molecule has 0 saturated heterocycles. The summed E-state index contributed by atoms with van der Waals surface area (Å²) < 4.78 is 6.30. The second-order valence-corrected chi connectivity index (χ2v) is 9.92. The standard InChI is InChI=1S/C29H43NO2/c1-7-10-13-22-14-11-12-15-24(22)27-21(4)29(5,6)26-20-23(16-17-25(26)28(27)31)32-19-18-30(8-2)9-3/h10-15,22-24H,7-9,16-20H2,1-6H3/b13-10+/t22?,23-,24?/m0/s1. The van der Waals surface area contributed by atoms with Crippen molar-refractivity contribution >= 4 is 5.78 Å². The molecule has 0 amide bonds. The van der Waals surface area contributed by atoms with Crippen LogP contribution in [0.2, 0.25) is 0 Å². The Morgan fingerprint density at radius 1 is 1.16 bits per heavy atom. The number of allylic oxidation sites excluding steroid dienone is 9. The van der Waals surface area contributed by atoms with E-state index in [9.17, 15) is 4.79 Å². The summed E-state index contributed by atoms with van der Waals surface area (Å²) in [7, 11) is 0. The topological polar surface area (TPSA) is 29.5 Å². The molecule has 0 aromatic rings. The molecule has 0 saturated carbocycles. The first-order chi connectivity index (χ1) is 15.3. The summed E-state index contributed by atoms with van der Waals surface area (Å²) in [6, 6.07) is 0. The maximum absolute atomic E-state index is 13.8. The first-order valence-electron chi connectivity index (χ1n) is 12.7. The zero-order valence-electron chi connectivity index (χ0n) is 21.1. The number of likely N-dealkylation sites (N-methyl/N-ethyl adjacent to an activating group) is 1. The lowest BCUT2D eigenvalue weighted by molar-refractivity contribution is -0.113. The molecule has 0 aliphatic heterocycles. The number of carbonyl (C=O) groups is 1. The van der Waals surface area contributed by atoms with Gasteiger partial charge in [-0.15, -0.1) is 0 Å². The predicted octanol–water partition coefficient (Wildman–Crippen LogP) is 6.44. The summed E-state index contributed by atoms with van der Waals surface area (Å²) in [5.74, 6) is 0.677. The van der Waals surface area contributed by atoms with Crippen LogP contribution >= 0.6 is 0 Å². The first-order valence-corrected chi connectivity index (χ1v) is 12.7. The second-order valence-electron chi connectivity index (χ2n) is 9.92. The Hall–Kier alpha value is -1.71. The third-order valence-corrected chi connectivity index (χ3v) is 7.89. The zero-order valence-corrected chi connectivity index (χ0v) is 21.1. The smallest absolute Gasteiger partial charge is 0.185 e. The highest BCUT2D eigenvalue weighted by Crippen LogP contribution is 2.51. The molecule has 0 aromatic carbocycles. The number of hydrogen-bond acceptors (Lipinski definition) is 3. The molecule has 0 fully saturated rings. The monoisotopic (exact) mass is 437 g/mol. The third-order valence-electron chi connectivity index (χ3n) is 7.89. The number of hydrogen-bond donors (Lipinski definition) is 0. The Labute approximate surface area is 196 Å². The lowest BCUT2D eigenvalue weighted by Gasteiger charge is -2.43. The van der Waals surface area contributed by atoms with Gasteiger partial charge in [0, 0.05) is 34.9 Å². The number of ketones is 1. The Morgan fingerprint density at radius 3 is 2.56 bits per heavy atom. The molecule has 0 aromatic heterocycles. The van der Waals surface area contributed by atoms with Crippen LogP contribution in [0, 0.1) is 17.3 Å². The van der Waals surface area contributed by atoms with E-state index in [1.807, 2.05) is 0 Å². The number of nitrogens with zero attached hydrogens (tertiary/aromatic N) is 1. The van der Waals surface area contributed by atoms with Crippen molar-refractivity contribution < 1.29 is 9.53 Å². The summed E-state index contributed by atoms with van der Waals surface area (Å²) in [6.45, 7) is 17.2. The van der Waals surface area contributed by atoms with Crippen LogP contribution in [-0.2, 0) is 9.53 Å². The van der Waals surface area contributed by atoms with Gasteiger partial charge >= 0.3 is 0 Å². The quantitative estimate of drug-likeness (QED) is 0.389. The molecule has 32 heavy (non-hydrogen) atoms. The van der Waals surface area contributed by atoms with Crippen molar-refractivity contribution in [1.82, 2.24) is 4.90 Å². The minimum Gasteiger partial charge on any atom is -0.377 e. The summed E-state index contributed by atoms with van der Waals surface area (Å²) in [4.78, 5) is 16.2. The summed E-state index contributed by atoms with van der Waals surface area (Å²) >= 11 is 0. The third kappa shape index (κ3) is 5.10. The van der Waals surface area contributed by atoms with Crippen LogP contribution in [0.25, 0.3) is 0 Å². The second kappa shape index (κ2) is 10.9. The Kier molecular flexibility index (Phi) is 8.52. The van der Waals surface area contributed by atoms with Crippen LogP contribution in [-0.4, -0.2) is 43.0 Å². The summed E-state index contributed by atoms with van der Waals surface area (Å²) in [5.41, 5.74) is 4.55. The molecule has 3 rings (SSSR count). The summed E-state index contributed by atoms with van der Waals surface area (Å²) in [5, 5.41) is 0. The first kappa shape index (κ1) is 24.9. The fourth-order valence-corrected chi connectivity index (χ4v) is 5.51. The van der Waals surface area contributed by atoms with E-state index in [2.05, 4.69) is 82.9 Å². The van der Waals surface area contributed by atoms with Crippen molar-refractivity contribution in [3.05, 3.63) is 58.7 Å². The van der Waals surface area contributed by atoms with Gasteiger partial charge in [0.25, 0.3) is 0 Å². The Morgan fingerprint density at radius 2 is 1.88 bits per heavy atom. The highest BCUT2D eigenvalue weighted by atomic mass is 16.5. The summed E-state index contributed by atoms with van der Waals surface area (Å²) in [6.07, 6.45) is 17.1. The maximum atomic E-state index is 13.8. The van der Waals surface area contributed by atoms with Crippen LogP contribution in [0.4, 0.5) is 0 Å². The highest BCUT2D eigenvalue weighted by Gasteiger charge is 2.43. The van der Waals surface area contributed by atoms with Gasteiger partial charge < -0.3 is 9.64 Å². The maximum Gasteiger partial charge on any atom is 0.185 e. The van der Waals surface area contributed by atoms with Crippen LogP contribution in [0.1, 0.15) is 67.2 Å². The van der Waals surface area contributed by atoms with Crippen LogP contribution in [0.15, 0.2) is 58.7 Å². The van der Waals surface area contributed by atoms with E-state index < -0.39 is 0 Å². The van der Waals surface area contributed by atoms with Gasteiger partial charge in [-0.2, -0.15) is 0 Å². The minimum atomic E-state index is -0.104. The van der Waals surface area contributed by atoms with Crippen molar-refractivity contribution in [2.24, 2.45) is 17.3 Å². The molecule has 3 atom stereocenters. The zero-order chi connectivity index (χ0) is 23.3. The van der Waals surface area contributed by atoms with E-state index in [-0.39, 0.29) is 23.4 Å².